The maximum Gasteiger partial charge on any atom is 0.201 e. The van der Waals surface area contributed by atoms with Crippen LogP contribution in [0.5, 0.6) is 0 Å². The molecule has 0 aliphatic heterocycles. The molecule has 0 fully saturated rings. The number of aromatic nitrogens is 4. The predicted molar refractivity (Wildman–Crippen MR) is 51.3 cm³/mol. The highest BCUT2D eigenvalue weighted by molar-refractivity contribution is 7.71. The lowest BCUT2D eigenvalue weighted by Gasteiger charge is -2.00. The molecule has 0 atom stereocenters. The Bertz CT molecular complexity index is 456. The van der Waals surface area contributed by atoms with Crippen molar-refractivity contribution < 1.29 is 0 Å². The average Bonchev–Trinajstić information content (AvgIpc) is 2.48. The molecule has 0 aliphatic carbocycles. The van der Waals surface area contributed by atoms with Crippen molar-refractivity contribution >= 4 is 12.2 Å². The lowest BCUT2D eigenvalue weighted by atomic mass is 10.4. The molecule has 2 aromatic rings. The van der Waals surface area contributed by atoms with Crippen molar-refractivity contribution in [2.75, 3.05) is 0 Å². The van der Waals surface area contributed by atoms with E-state index in [9.17, 15) is 0 Å². The zero-order valence-electron chi connectivity index (χ0n) is 7.06. The predicted octanol–water partition coefficient (Wildman–Crippen LogP) is 1.63. The number of nitrogens with one attached hydrogen (secondary N) is 1. The fourth-order valence-corrected chi connectivity index (χ4v) is 1.40. The lowest BCUT2D eigenvalue weighted by molar-refractivity contribution is 0.923. The standard InChI is InChI=1S/C8H8N4S/c1-6-10-11-8(13)12(6)7-4-2-3-5-9-7/h2-5H,1H3,(H,11,13). The number of pyridine rings is 1. The Morgan fingerprint density at radius 3 is 2.85 bits per heavy atom. The first kappa shape index (κ1) is 8.12. The molecule has 0 spiro atoms. The number of H-pyrrole nitrogens is 1. The Morgan fingerprint density at radius 1 is 1.46 bits per heavy atom. The van der Waals surface area contributed by atoms with E-state index in [2.05, 4.69) is 15.2 Å². The summed E-state index contributed by atoms with van der Waals surface area (Å²) < 4.78 is 2.35. The van der Waals surface area contributed by atoms with Crippen LogP contribution in [0.4, 0.5) is 0 Å². The van der Waals surface area contributed by atoms with Gasteiger partial charge in [-0.25, -0.2) is 4.98 Å². The molecule has 5 heteroatoms. The summed E-state index contributed by atoms with van der Waals surface area (Å²) in [6, 6.07) is 5.66. The zero-order chi connectivity index (χ0) is 9.26. The van der Waals surface area contributed by atoms with E-state index in [0.717, 1.165) is 11.6 Å². The van der Waals surface area contributed by atoms with Crippen molar-refractivity contribution in [1.82, 2.24) is 19.7 Å². The number of aryl methyl sites for hydroxylation is 1. The van der Waals surface area contributed by atoms with Gasteiger partial charge in [0.2, 0.25) is 4.77 Å². The van der Waals surface area contributed by atoms with E-state index in [1.165, 1.54) is 0 Å². The molecule has 0 unspecified atom stereocenters. The van der Waals surface area contributed by atoms with Crippen LogP contribution in [0.1, 0.15) is 5.82 Å². The molecule has 4 nitrogen and oxygen atoms in total. The van der Waals surface area contributed by atoms with Crippen molar-refractivity contribution in [3.8, 4) is 5.82 Å². The molecular weight excluding hydrogens is 184 g/mol. The molecule has 66 valence electrons. The highest BCUT2D eigenvalue weighted by Crippen LogP contribution is 2.05. The Hall–Kier alpha value is -1.49. The Kier molecular flexibility index (Phi) is 1.94. The summed E-state index contributed by atoms with van der Waals surface area (Å²) in [5.74, 6) is 1.60. The van der Waals surface area contributed by atoms with Gasteiger partial charge in [-0.15, -0.1) is 0 Å². The SMILES string of the molecule is Cc1n[nH]c(=S)n1-c1ccccn1. The topological polar surface area (TPSA) is 46.5 Å². The summed E-state index contributed by atoms with van der Waals surface area (Å²) in [7, 11) is 0. The fourth-order valence-electron chi connectivity index (χ4n) is 1.13. The maximum atomic E-state index is 5.06. The molecule has 0 saturated heterocycles. The van der Waals surface area contributed by atoms with E-state index in [-0.39, 0.29) is 0 Å². The third-order valence-electron chi connectivity index (χ3n) is 1.72. The third-order valence-corrected chi connectivity index (χ3v) is 1.99. The normalized spacial score (nSPS) is 10.2. The van der Waals surface area contributed by atoms with Gasteiger partial charge >= 0.3 is 0 Å². The van der Waals surface area contributed by atoms with Crippen molar-refractivity contribution in [3.63, 3.8) is 0 Å². The van der Waals surface area contributed by atoms with Crippen LogP contribution in [0.15, 0.2) is 24.4 Å². The Labute approximate surface area is 80.3 Å². The first-order valence-corrected chi connectivity index (χ1v) is 4.25. The van der Waals surface area contributed by atoms with Gasteiger partial charge in [-0.2, -0.15) is 5.10 Å². The van der Waals surface area contributed by atoms with E-state index in [4.69, 9.17) is 12.2 Å². The molecule has 0 aromatic carbocycles. The van der Waals surface area contributed by atoms with Crippen LogP contribution in [0, 0.1) is 11.7 Å². The van der Waals surface area contributed by atoms with Crippen LogP contribution < -0.4 is 0 Å². The van der Waals surface area contributed by atoms with Crippen LogP contribution >= 0.6 is 12.2 Å². The van der Waals surface area contributed by atoms with Gasteiger partial charge in [0, 0.05) is 6.20 Å². The monoisotopic (exact) mass is 192 g/mol. The van der Waals surface area contributed by atoms with Crippen molar-refractivity contribution in [1.29, 1.82) is 0 Å². The summed E-state index contributed by atoms with van der Waals surface area (Å²) >= 11 is 5.06. The van der Waals surface area contributed by atoms with E-state index >= 15 is 0 Å². The maximum absolute atomic E-state index is 5.06. The quantitative estimate of drug-likeness (QED) is 0.698. The molecule has 0 saturated carbocycles. The molecule has 2 heterocycles. The first-order valence-electron chi connectivity index (χ1n) is 3.84. The molecule has 1 N–H and O–H groups in total. The van der Waals surface area contributed by atoms with Gasteiger partial charge < -0.3 is 0 Å². The van der Waals surface area contributed by atoms with E-state index in [0.29, 0.717) is 4.77 Å². The summed E-state index contributed by atoms with van der Waals surface area (Å²) in [6.45, 7) is 1.88. The van der Waals surface area contributed by atoms with Crippen LogP contribution in [-0.2, 0) is 0 Å². The number of aromatic amines is 1. The van der Waals surface area contributed by atoms with Gasteiger partial charge in [-0.05, 0) is 31.3 Å². The second-order valence-electron chi connectivity index (χ2n) is 2.60. The van der Waals surface area contributed by atoms with Gasteiger partial charge in [-0.1, -0.05) is 6.07 Å². The molecule has 0 radical (unpaired) electrons. The molecular formula is C8H8N4S. The number of hydrogen-bond acceptors (Lipinski definition) is 3. The minimum Gasteiger partial charge on any atom is -0.256 e. The number of hydrogen-bond donors (Lipinski definition) is 1. The minimum absolute atomic E-state index is 0.566. The van der Waals surface area contributed by atoms with Gasteiger partial charge in [0.1, 0.15) is 11.6 Å². The average molecular weight is 192 g/mol. The smallest absolute Gasteiger partial charge is 0.201 e. The van der Waals surface area contributed by atoms with Gasteiger partial charge in [0.15, 0.2) is 0 Å². The number of nitrogens with zero attached hydrogens (tertiary/aromatic N) is 3. The first-order chi connectivity index (χ1) is 6.29. The Balaban J connectivity index is 2.65. The summed E-state index contributed by atoms with van der Waals surface area (Å²) in [4.78, 5) is 4.18. The summed E-state index contributed by atoms with van der Waals surface area (Å²) in [6.07, 6.45) is 1.73. The van der Waals surface area contributed by atoms with Crippen LogP contribution in [-0.4, -0.2) is 19.7 Å². The molecule has 13 heavy (non-hydrogen) atoms. The zero-order valence-corrected chi connectivity index (χ0v) is 7.88. The van der Waals surface area contributed by atoms with E-state index < -0.39 is 0 Å². The molecule has 2 rings (SSSR count). The molecule has 0 bridgehead atoms. The minimum atomic E-state index is 0.566. The fraction of sp³-hybridized carbons (Fsp3) is 0.125. The second-order valence-corrected chi connectivity index (χ2v) is 2.99. The van der Waals surface area contributed by atoms with Crippen molar-refractivity contribution in [2.24, 2.45) is 0 Å². The van der Waals surface area contributed by atoms with Crippen LogP contribution in [0.3, 0.4) is 0 Å². The van der Waals surface area contributed by atoms with Gasteiger partial charge in [-0.3, -0.25) is 9.67 Å². The summed E-state index contributed by atoms with van der Waals surface area (Å²) in [5.41, 5.74) is 0. The van der Waals surface area contributed by atoms with Crippen molar-refractivity contribution in [3.05, 3.63) is 35.0 Å². The summed E-state index contributed by atoms with van der Waals surface area (Å²) in [5, 5.41) is 6.71. The second kappa shape index (κ2) is 3.10. The van der Waals surface area contributed by atoms with Crippen LogP contribution in [0.2, 0.25) is 0 Å². The lowest BCUT2D eigenvalue weighted by Crippen LogP contribution is -1.98. The molecule has 0 amide bonds. The van der Waals surface area contributed by atoms with Gasteiger partial charge in [0.25, 0.3) is 0 Å². The van der Waals surface area contributed by atoms with E-state index in [1.54, 1.807) is 10.8 Å². The largest absolute Gasteiger partial charge is 0.256 e. The number of rotatable bonds is 1. The molecule has 2 aromatic heterocycles. The van der Waals surface area contributed by atoms with Gasteiger partial charge in [0.05, 0.1) is 0 Å². The Morgan fingerprint density at radius 2 is 2.31 bits per heavy atom. The highest BCUT2D eigenvalue weighted by atomic mass is 32.1. The van der Waals surface area contributed by atoms with Crippen LogP contribution in [0.25, 0.3) is 5.82 Å². The van der Waals surface area contributed by atoms with Crippen molar-refractivity contribution in [2.45, 2.75) is 6.92 Å². The highest BCUT2D eigenvalue weighted by Gasteiger charge is 2.02. The third kappa shape index (κ3) is 1.38. The van der Waals surface area contributed by atoms with E-state index in [1.807, 2.05) is 25.1 Å². The molecule has 0 aliphatic rings.